The number of nitrogens with zero attached hydrogens (tertiary/aromatic N) is 2. The number of hydrogen-bond donors (Lipinski definition) is 2. The molecule has 4 aromatic rings. The Morgan fingerprint density at radius 2 is 1.68 bits per heavy atom. The van der Waals surface area contributed by atoms with Gasteiger partial charge in [-0.05, 0) is 72.9 Å². The molecule has 0 radical (unpaired) electrons. The molecule has 40 heavy (non-hydrogen) atoms. The van der Waals surface area contributed by atoms with Crippen molar-refractivity contribution < 1.29 is 22.8 Å². The van der Waals surface area contributed by atoms with Gasteiger partial charge in [-0.1, -0.05) is 36.4 Å². The number of aromatic nitrogens is 2. The van der Waals surface area contributed by atoms with E-state index in [0.29, 0.717) is 11.2 Å². The summed E-state index contributed by atoms with van der Waals surface area (Å²) in [5.74, 6) is -0.757. The normalized spacial score (nSPS) is 14.7. The highest BCUT2D eigenvalue weighted by Gasteiger charge is 2.40. The van der Waals surface area contributed by atoms with E-state index in [-0.39, 0.29) is 23.7 Å². The number of imidazole rings is 1. The van der Waals surface area contributed by atoms with E-state index in [1.165, 1.54) is 33.4 Å². The first-order valence-electron chi connectivity index (χ1n) is 12.8. The summed E-state index contributed by atoms with van der Waals surface area (Å²) in [6, 6.07) is 19.1. The first-order valence-corrected chi connectivity index (χ1v) is 12.8. The van der Waals surface area contributed by atoms with E-state index in [1.54, 1.807) is 19.2 Å². The first-order chi connectivity index (χ1) is 19.1. The summed E-state index contributed by atoms with van der Waals surface area (Å²) in [6.07, 6.45) is 0.459. The Hall–Kier alpha value is -4.60. The molecule has 0 saturated heterocycles. The molecule has 0 atom stereocenters. The summed E-state index contributed by atoms with van der Waals surface area (Å²) in [6.45, 7) is -0.103. The molecule has 1 fully saturated rings. The van der Waals surface area contributed by atoms with E-state index < -0.39 is 23.2 Å². The quantitative estimate of drug-likeness (QED) is 0.311. The van der Waals surface area contributed by atoms with E-state index in [0.717, 1.165) is 42.5 Å². The van der Waals surface area contributed by atoms with Gasteiger partial charge >= 0.3 is 11.9 Å². The number of para-hydroxylation sites is 2. The third kappa shape index (κ3) is 5.42. The van der Waals surface area contributed by atoms with Gasteiger partial charge in [0.15, 0.2) is 0 Å². The molecule has 3 aromatic carbocycles. The van der Waals surface area contributed by atoms with E-state index in [2.05, 4.69) is 10.6 Å². The van der Waals surface area contributed by atoms with Gasteiger partial charge in [0, 0.05) is 18.8 Å². The Morgan fingerprint density at radius 1 is 0.975 bits per heavy atom. The minimum absolute atomic E-state index is 0.103. The van der Waals surface area contributed by atoms with Crippen LogP contribution in [-0.2, 0) is 34.9 Å². The number of nitrogens with one attached hydrogen (secondary N) is 2. The van der Waals surface area contributed by atoms with Crippen LogP contribution in [0.1, 0.15) is 36.0 Å². The maximum atomic E-state index is 13.1. The monoisotopic (exact) mass is 548 g/mol. The van der Waals surface area contributed by atoms with Crippen LogP contribution in [-0.4, -0.2) is 20.9 Å². The zero-order chi connectivity index (χ0) is 28.5. The van der Waals surface area contributed by atoms with Gasteiger partial charge in [0.25, 0.3) is 0 Å². The Kier molecular flexibility index (Phi) is 7.10. The average Bonchev–Trinajstić information content (AvgIpc) is 3.15. The molecule has 206 valence electrons. The predicted molar refractivity (Wildman–Crippen MR) is 146 cm³/mol. The number of anilines is 1. The maximum absolute atomic E-state index is 13.1. The molecule has 2 amide bonds. The van der Waals surface area contributed by atoms with Gasteiger partial charge < -0.3 is 10.6 Å². The molecule has 0 spiro atoms. The van der Waals surface area contributed by atoms with Crippen molar-refractivity contribution in [3.63, 3.8) is 0 Å². The molecule has 1 aliphatic rings. The number of aryl methyl sites for hydroxylation is 1. The second-order valence-electron chi connectivity index (χ2n) is 9.92. The fourth-order valence-electron chi connectivity index (χ4n) is 5.03. The summed E-state index contributed by atoms with van der Waals surface area (Å²) in [7, 11) is 1.67. The number of halogens is 3. The van der Waals surface area contributed by atoms with Crippen LogP contribution in [0.3, 0.4) is 0 Å². The fraction of sp³-hybridized carbons (Fsp3) is 0.233. The van der Waals surface area contributed by atoms with E-state index >= 15 is 0 Å². The number of carbonyl (C=O) groups excluding carboxylic acids is 2. The van der Waals surface area contributed by atoms with Crippen molar-refractivity contribution in [2.45, 2.75) is 37.5 Å². The van der Waals surface area contributed by atoms with E-state index in [9.17, 15) is 27.6 Å². The second kappa shape index (κ2) is 10.5. The van der Waals surface area contributed by atoms with Gasteiger partial charge in [-0.15, -0.1) is 0 Å². The van der Waals surface area contributed by atoms with Crippen molar-refractivity contribution in [3.05, 3.63) is 106 Å². The van der Waals surface area contributed by atoms with Crippen LogP contribution in [0.25, 0.3) is 17.1 Å². The molecule has 5 rings (SSSR count). The highest BCUT2D eigenvalue weighted by Crippen LogP contribution is 2.41. The number of carbonyl (C=O) groups is 2. The van der Waals surface area contributed by atoms with Crippen molar-refractivity contribution in [2.24, 2.45) is 7.05 Å². The molecule has 1 aliphatic carbocycles. The smallest absolute Gasteiger partial charge is 0.345 e. The number of benzene rings is 3. The van der Waals surface area contributed by atoms with Gasteiger partial charge in [-0.3, -0.25) is 18.7 Å². The van der Waals surface area contributed by atoms with Gasteiger partial charge in [0.1, 0.15) is 6.54 Å². The lowest BCUT2D eigenvalue weighted by Gasteiger charge is -2.43. The summed E-state index contributed by atoms with van der Waals surface area (Å²) >= 11 is 0. The van der Waals surface area contributed by atoms with Crippen LogP contribution in [0.2, 0.25) is 0 Å². The van der Waals surface area contributed by atoms with Gasteiger partial charge in [0.2, 0.25) is 11.8 Å². The van der Waals surface area contributed by atoms with Gasteiger partial charge in [-0.2, -0.15) is 13.2 Å². The minimum atomic E-state index is -4.46. The standard InChI is InChI=1S/C30H27F3N4O3/c1-36-24-8-2-3-9-25(24)37(28(36)40)19-27(39)35-29(16-5-17-29)21-11-13-23(14-12-21)34-26(38)15-10-20-6-4-7-22(18-20)30(31,32)33/h2-4,6-15,18H,5,16-17,19H2,1H3,(H,34,38)(H,35,39)/b15-10+. The lowest BCUT2D eigenvalue weighted by Crippen LogP contribution is -2.52. The summed E-state index contributed by atoms with van der Waals surface area (Å²) in [4.78, 5) is 38.1. The molecule has 0 bridgehead atoms. The molecular weight excluding hydrogens is 521 g/mol. The van der Waals surface area contributed by atoms with E-state index in [4.69, 9.17) is 0 Å². The second-order valence-corrected chi connectivity index (χ2v) is 9.92. The molecule has 1 heterocycles. The van der Waals surface area contributed by atoms with Crippen LogP contribution in [0.4, 0.5) is 18.9 Å². The lowest BCUT2D eigenvalue weighted by atomic mass is 9.71. The zero-order valence-corrected chi connectivity index (χ0v) is 21.7. The number of rotatable bonds is 7. The molecule has 0 aliphatic heterocycles. The van der Waals surface area contributed by atoms with Gasteiger partial charge in [0.05, 0.1) is 22.1 Å². The van der Waals surface area contributed by atoms with E-state index in [1.807, 2.05) is 36.4 Å². The Morgan fingerprint density at radius 3 is 2.33 bits per heavy atom. The maximum Gasteiger partial charge on any atom is 0.416 e. The number of fused-ring (bicyclic) bond motifs is 1. The molecule has 1 saturated carbocycles. The predicted octanol–water partition coefficient (Wildman–Crippen LogP) is 5.21. The van der Waals surface area contributed by atoms with Crippen LogP contribution < -0.4 is 16.3 Å². The summed E-state index contributed by atoms with van der Waals surface area (Å²) < 4.78 is 41.7. The lowest BCUT2D eigenvalue weighted by molar-refractivity contribution is -0.137. The molecule has 2 N–H and O–H groups in total. The van der Waals surface area contributed by atoms with Crippen molar-refractivity contribution in [3.8, 4) is 0 Å². The van der Waals surface area contributed by atoms with Crippen molar-refractivity contribution in [2.75, 3.05) is 5.32 Å². The summed E-state index contributed by atoms with van der Waals surface area (Å²) in [5, 5.41) is 5.82. The Labute approximate surface area is 227 Å². The zero-order valence-electron chi connectivity index (χ0n) is 21.7. The highest BCUT2D eigenvalue weighted by molar-refractivity contribution is 6.01. The number of alkyl halides is 3. The SMILES string of the molecule is Cn1c(=O)n(CC(=O)NC2(c3ccc(NC(=O)/C=C/c4cccc(C(F)(F)F)c4)cc3)CCC2)c2ccccc21. The molecular formula is C30H27F3N4O3. The number of hydrogen-bond acceptors (Lipinski definition) is 3. The Balaban J connectivity index is 1.24. The van der Waals surface area contributed by atoms with Crippen LogP contribution >= 0.6 is 0 Å². The molecule has 10 heteroatoms. The highest BCUT2D eigenvalue weighted by atomic mass is 19.4. The summed E-state index contributed by atoms with van der Waals surface area (Å²) in [5.41, 5.74) is 1.48. The third-order valence-electron chi connectivity index (χ3n) is 7.29. The van der Waals surface area contributed by atoms with Crippen molar-refractivity contribution in [1.29, 1.82) is 0 Å². The molecule has 7 nitrogen and oxygen atoms in total. The van der Waals surface area contributed by atoms with Crippen LogP contribution in [0.5, 0.6) is 0 Å². The fourth-order valence-corrected chi connectivity index (χ4v) is 5.03. The van der Waals surface area contributed by atoms with Crippen LogP contribution in [0.15, 0.2) is 83.7 Å². The van der Waals surface area contributed by atoms with Gasteiger partial charge in [-0.25, -0.2) is 4.79 Å². The largest absolute Gasteiger partial charge is 0.416 e. The first kappa shape index (κ1) is 27.0. The van der Waals surface area contributed by atoms with Crippen molar-refractivity contribution >= 4 is 34.6 Å². The average molecular weight is 549 g/mol. The molecule has 0 unspecified atom stereocenters. The minimum Gasteiger partial charge on any atom is -0.345 e. The topological polar surface area (TPSA) is 85.1 Å². The number of amides is 2. The third-order valence-corrected chi connectivity index (χ3v) is 7.29. The van der Waals surface area contributed by atoms with Crippen LogP contribution in [0, 0.1) is 0 Å². The Bertz CT molecular complexity index is 1660. The molecule has 1 aromatic heterocycles. The van der Waals surface area contributed by atoms with Crippen molar-refractivity contribution in [1.82, 2.24) is 14.5 Å².